The molecule has 3 heteroatoms. The second kappa shape index (κ2) is 4.15. The molecule has 1 saturated heterocycles. The summed E-state index contributed by atoms with van der Waals surface area (Å²) in [6.07, 6.45) is 2.58. The van der Waals surface area contributed by atoms with Crippen LogP contribution in [0.3, 0.4) is 0 Å². The fourth-order valence-electron chi connectivity index (χ4n) is 2.13. The van der Waals surface area contributed by atoms with E-state index in [1.54, 1.807) is 0 Å². The Morgan fingerprint density at radius 3 is 2.64 bits per heavy atom. The summed E-state index contributed by atoms with van der Waals surface area (Å²) in [6, 6.07) is 4.34. The van der Waals surface area contributed by atoms with Crippen LogP contribution < -0.4 is 5.73 Å². The first kappa shape index (κ1) is 9.74. The number of rotatable bonds is 3. The molecule has 0 bridgehead atoms. The Kier molecular flexibility index (Phi) is 2.89. The van der Waals surface area contributed by atoms with Gasteiger partial charge in [-0.1, -0.05) is 0 Å². The standard InChI is InChI=1S/C11H18N2O/c1-9-4-5-11(14-9)10(8-12)13-6-2-3-7-13/h4-5,10H,2-3,6-8,12H2,1H3. The smallest absolute Gasteiger partial charge is 0.122 e. The minimum Gasteiger partial charge on any atom is -0.465 e. The molecule has 0 spiro atoms. The zero-order chi connectivity index (χ0) is 9.97. The molecule has 1 aromatic heterocycles. The zero-order valence-corrected chi connectivity index (χ0v) is 8.70. The Hall–Kier alpha value is -0.800. The van der Waals surface area contributed by atoms with Crippen molar-refractivity contribution in [3.8, 4) is 0 Å². The lowest BCUT2D eigenvalue weighted by Crippen LogP contribution is -2.31. The molecular weight excluding hydrogens is 176 g/mol. The molecular formula is C11H18N2O. The molecule has 0 saturated carbocycles. The molecule has 2 N–H and O–H groups in total. The minimum absolute atomic E-state index is 0.284. The maximum Gasteiger partial charge on any atom is 0.122 e. The van der Waals surface area contributed by atoms with Gasteiger partial charge in [-0.3, -0.25) is 4.90 Å². The molecule has 0 radical (unpaired) electrons. The molecule has 0 amide bonds. The first-order valence-corrected chi connectivity index (χ1v) is 5.31. The maximum atomic E-state index is 5.79. The second-order valence-corrected chi connectivity index (χ2v) is 3.94. The van der Waals surface area contributed by atoms with Crippen LogP contribution in [0.15, 0.2) is 16.5 Å². The largest absolute Gasteiger partial charge is 0.465 e. The Morgan fingerprint density at radius 1 is 1.43 bits per heavy atom. The number of nitrogens with two attached hydrogens (primary N) is 1. The first-order chi connectivity index (χ1) is 6.81. The van der Waals surface area contributed by atoms with E-state index in [1.807, 2.05) is 19.1 Å². The van der Waals surface area contributed by atoms with Crippen molar-refractivity contribution >= 4 is 0 Å². The van der Waals surface area contributed by atoms with E-state index >= 15 is 0 Å². The van der Waals surface area contributed by atoms with Gasteiger partial charge in [0.25, 0.3) is 0 Å². The van der Waals surface area contributed by atoms with Crippen LogP contribution in [-0.2, 0) is 0 Å². The summed E-state index contributed by atoms with van der Waals surface area (Å²) in [5.41, 5.74) is 5.79. The van der Waals surface area contributed by atoms with E-state index in [-0.39, 0.29) is 6.04 Å². The lowest BCUT2D eigenvalue weighted by atomic mass is 10.2. The SMILES string of the molecule is Cc1ccc(C(CN)N2CCCC2)o1. The van der Waals surface area contributed by atoms with Crippen molar-refractivity contribution in [1.82, 2.24) is 4.90 Å². The highest BCUT2D eigenvalue weighted by Gasteiger charge is 2.24. The van der Waals surface area contributed by atoms with Crippen LogP contribution >= 0.6 is 0 Å². The molecule has 3 nitrogen and oxygen atoms in total. The number of nitrogens with zero attached hydrogens (tertiary/aromatic N) is 1. The van der Waals surface area contributed by atoms with Gasteiger partial charge in [0.2, 0.25) is 0 Å². The molecule has 14 heavy (non-hydrogen) atoms. The molecule has 0 aliphatic carbocycles. The topological polar surface area (TPSA) is 42.4 Å². The zero-order valence-electron chi connectivity index (χ0n) is 8.70. The third-order valence-electron chi connectivity index (χ3n) is 2.89. The van der Waals surface area contributed by atoms with Crippen molar-refractivity contribution < 1.29 is 4.42 Å². The number of furan rings is 1. The van der Waals surface area contributed by atoms with Gasteiger partial charge in [0.15, 0.2) is 0 Å². The molecule has 1 fully saturated rings. The third kappa shape index (κ3) is 1.83. The van der Waals surface area contributed by atoms with Crippen molar-refractivity contribution in [3.05, 3.63) is 23.7 Å². The molecule has 2 heterocycles. The predicted octanol–water partition coefficient (Wildman–Crippen LogP) is 1.68. The van der Waals surface area contributed by atoms with Gasteiger partial charge in [-0.2, -0.15) is 0 Å². The number of hydrogen-bond donors (Lipinski definition) is 1. The monoisotopic (exact) mass is 194 g/mol. The summed E-state index contributed by atoms with van der Waals surface area (Å²) in [5, 5.41) is 0. The van der Waals surface area contributed by atoms with Crippen molar-refractivity contribution in [1.29, 1.82) is 0 Å². The molecule has 0 aromatic carbocycles. The molecule has 1 aliphatic heterocycles. The van der Waals surface area contributed by atoms with Crippen molar-refractivity contribution in [2.75, 3.05) is 19.6 Å². The minimum atomic E-state index is 0.284. The second-order valence-electron chi connectivity index (χ2n) is 3.94. The van der Waals surface area contributed by atoms with E-state index in [1.165, 1.54) is 12.8 Å². The van der Waals surface area contributed by atoms with Gasteiger partial charge in [0.1, 0.15) is 11.5 Å². The van der Waals surface area contributed by atoms with Crippen LogP contribution in [-0.4, -0.2) is 24.5 Å². The molecule has 1 atom stereocenters. The maximum absolute atomic E-state index is 5.79. The third-order valence-corrected chi connectivity index (χ3v) is 2.89. The van der Waals surface area contributed by atoms with E-state index in [4.69, 9.17) is 10.2 Å². The van der Waals surface area contributed by atoms with Gasteiger partial charge < -0.3 is 10.2 Å². The summed E-state index contributed by atoms with van der Waals surface area (Å²) >= 11 is 0. The molecule has 1 unspecified atom stereocenters. The van der Waals surface area contributed by atoms with Gasteiger partial charge >= 0.3 is 0 Å². The Morgan fingerprint density at radius 2 is 2.14 bits per heavy atom. The summed E-state index contributed by atoms with van der Waals surface area (Å²) < 4.78 is 5.63. The predicted molar refractivity (Wildman–Crippen MR) is 56.0 cm³/mol. The number of hydrogen-bond acceptors (Lipinski definition) is 3. The van der Waals surface area contributed by atoms with E-state index in [0.29, 0.717) is 6.54 Å². The average Bonchev–Trinajstić information content (AvgIpc) is 2.79. The Bertz CT molecular complexity index is 289. The molecule has 1 aliphatic rings. The molecule has 1 aromatic rings. The quantitative estimate of drug-likeness (QED) is 0.796. The van der Waals surface area contributed by atoms with Crippen LogP contribution in [0.5, 0.6) is 0 Å². The van der Waals surface area contributed by atoms with E-state index in [0.717, 1.165) is 24.6 Å². The van der Waals surface area contributed by atoms with Crippen LogP contribution in [0.2, 0.25) is 0 Å². The molecule has 2 rings (SSSR count). The van der Waals surface area contributed by atoms with Gasteiger partial charge in [-0.05, 0) is 45.0 Å². The summed E-state index contributed by atoms with van der Waals surface area (Å²) in [6.45, 7) is 4.93. The normalized spacial score (nSPS) is 20.1. The van der Waals surface area contributed by atoms with Crippen LogP contribution in [0.1, 0.15) is 30.4 Å². The van der Waals surface area contributed by atoms with Gasteiger partial charge in [-0.15, -0.1) is 0 Å². The highest BCUT2D eigenvalue weighted by molar-refractivity contribution is 5.10. The summed E-state index contributed by atoms with van der Waals surface area (Å²) in [7, 11) is 0. The van der Waals surface area contributed by atoms with Crippen molar-refractivity contribution in [2.45, 2.75) is 25.8 Å². The Balaban J connectivity index is 2.12. The van der Waals surface area contributed by atoms with Gasteiger partial charge in [-0.25, -0.2) is 0 Å². The highest BCUT2D eigenvalue weighted by Crippen LogP contribution is 2.25. The van der Waals surface area contributed by atoms with Crippen molar-refractivity contribution in [2.24, 2.45) is 5.73 Å². The first-order valence-electron chi connectivity index (χ1n) is 5.31. The Labute approximate surface area is 84.9 Å². The van der Waals surface area contributed by atoms with Gasteiger partial charge in [0, 0.05) is 6.54 Å². The van der Waals surface area contributed by atoms with E-state index in [9.17, 15) is 0 Å². The van der Waals surface area contributed by atoms with Crippen molar-refractivity contribution in [3.63, 3.8) is 0 Å². The summed E-state index contributed by atoms with van der Waals surface area (Å²) in [4.78, 5) is 2.41. The van der Waals surface area contributed by atoms with E-state index in [2.05, 4.69) is 4.90 Å². The fourth-order valence-corrected chi connectivity index (χ4v) is 2.13. The van der Waals surface area contributed by atoms with Crippen LogP contribution in [0.25, 0.3) is 0 Å². The molecule has 78 valence electrons. The lowest BCUT2D eigenvalue weighted by molar-refractivity contribution is 0.219. The van der Waals surface area contributed by atoms with Gasteiger partial charge in [0.05, 0.1) is 6.04 Å². The summed E-state index contributed by atoms with van der Waals surface area (Å²) in [5.74, 6) is 1.99. The fraction of sp³-hybridized carbons (Fsp3) is 0.636. The van der Waals surface area contributed by atoms with Crippen LogP contribution in [0.4, 0.5) is 0 Å². The van der Waals surface area contributed by atoms with Crippen LogP contribution in [0, 0.1) is 6.92 Å². The average molecular weight is 194 g/mol. The van der Waals surface area contributed by atoms with E-state index < -0.39 is 0 Å². The number of likely N-dealkylation sites (tertiary alicyclic amines) is 1. The highest BCUT2D eigenvalue weighted by atomic mass is 16.3. The number of aryl methyl sites for hydroxylation is 1. The lowest BCUT2D eigenvalue weighted by Gasteiger charge is -2.24.